The lowest BCUT2D eigenvalue weighted by Gasteiger charge is -2.45. The third-order valence-corrected chi connectivity index (χ3v) is 5.08. The number of piperidine rings is 1. The van der Waals surface area contributed by atoms with Crippen LogP contribution >= 0.6 is 0 Å². The van der Waals surface area contributed by atoms with Gasteiger partial charge in [0, 0.05) is 31.7 Å². The summed E-state index contributed by atoms with van der Waals surface area (Å²) in [6.45, 7) is 15.7. The summed E-state index contributed by atoms with van der Waals surface area (Å²) < 4.78 is 0. The van der Waals surface area contributed by atoms with Crippen molar-refractivity contribution in [3.63, 3.8) is 0 Å². The highest BCUT2D eigenvalue weighted by Gasteiger charge is 2.33. The maximum absolute atomic E-state index is 3.73. The van der Waals surface area contributed by atoms with E-state index < -0.39 is 0 Å². The number of likely N-dealkylation sites (tertiary alicyclic amines) is 1. The number of nitrogens with one attached hydrogen (secondary N) is 1. The minimum absolute atomic E-state index is 0.366. The fourth-order valence-electron chi connectivity index (χ4n) is 3.33. The highest BCUT2D eigenvalue weighted by Crippen LogP contribution is 2.25. The topological polar surface area (TPSA) is 18.5 Å². The molecule has 112 valence electrons. The first-order chi connectivity index (χ1) is 8.86. The highest BCUT2D eigenvalue weighted by molar-refractivity contribution is 4.91. The van der Waals surface area contributed by atoms with E-state index in [1.807, 2.05) is 0 Å². The van der Waals surface area contributed by atoms with Crippen LogP contribution in [0.3, 0.4) is 0 Å². The Labute approximate surface area is 119 Å². The van der Waals surface area contributed by atoms with Gasteiger partial charge in [0.2, 0.25) is 0 Å². The summed E-state index contributed by atoms with van der Waals surface area (Å²) in [7, 11) is 2.25. The molecule has 0 radical (unpaired) electrons. The molecule has 2 aliphatic heterocycles. The SMILES string of the molecule is CC1CNC(C(C)(C)C)CN1CC1CCN(C)CC1. The van der Waals surface area contributed by atoms with Crippen molar-refractivity contribution < 1.29 is 0 Å². The van der Waals surface area contributed by atoms with Gasteiger partial charge in [-0.15, -0.1) is 0 Å². The molecular formula is C16H33N3. The molecule has 0 bridgehead atoms. The van der Waals surface area contributed by atoms with Gasteiger partial charge in [-0.25, -0.2) is 0 Å². The summed E-state index contributed by atoms with van der Waals surface area (Å²) in [5, 5.41) is 3.73. The van der Waals surface area contributed by atoms with Gasteiger partial charge in [0.25, 0.3) is 0 Å². The average Bonchev–Trinajstić information content (AvgIpc) is 2.33. The Bertz CT molecular complexity index is 276. The van der Waals surface area contributed by atoms with Gasteiger partial charge < -0.3 is 10.2 Å². The second-order valence-corrected chi connectivity index (χ2v) is 7.88. The molecule has 0 aromatic carbocycles. The first-order valence-electron chi connectivity index (χ1n) is 8.02. The minimum Gasteiger partial charge on any atom is -0.311 e. The zero-order valence-corrected chi connectivity index (χ0v) is 13.6. The molecule has 2 atom stereocenters. The lowest BCUT2D eigenvalue weighted by atomic mass is 9.84. The molecule has 0 aromatic heterocycles. The molecular weight excluding hydrogens is 234 g/mol. The lowest BCUT2D eigenvalue weighted by molar-refractivity contribution is 0.0669. The van der Waals surface area contributed by atoms with E-state index in [4.69, 9.17) is 0 Å². The van der Waals surface area contributed by atoms with Crippen LogP contribution in [0.5, 0.6) is 0 Å². The number of piperazine rings is 1. The van der Waals surface area contributed by atoms with E-state index in [0.717, 1.165) is 12.5 Å². The van der Waals surface area contributed by atoms with Crippen LogP contribution in [-0.4, -0.2) is 61.7 Å². The summed E-state index contributed by atoms with van der Waals surface area (Å²) in [6, 6.07) is 1.33. The Morgan fingerprint density at radius 2 is 1.79 bits per heavy atom. The van der Waals surface area contributed by atoms with Crippen LogP contribution in [-0.2, 0) is 0 Å². The normalized spacial score (nSPS) is 32.7. The molecule has 2 rings (SSSR count). The molecule has 3 nitrogen and oxygen atoms in total. The van der Waals surface area contributed by atoms with Crippen molar-refractivity contribution in [2.45, 2.75) is 52.6 Å². The number of hydrogen-bond acceptors (Lipinski definition) is 3. The molecule has 2 heterocycles. The molecule has 2 saturated heterocycles. The van der Waals surface area contributed by atoms with Crippen molar-refractivity contribution in [1.29, 1.82) is 0 Å². The predicted molar refractivity (Wildman–Crippen MR) is 82.5 cm³/mol. The van der Waals surface area contributed by atoms with Crippen LogP contribution in [0.15, 0.2) is 0 Å². The third kappa shape index (κ3) is 4.17. The summed E-state index contributed by atoms with van der Waals surface area (Å²) in [5.41, 5.74) is 0.366. The molecule has 2 fully saturated rings. The first kappa shape index (κ1) is 15.3. The Balaban J connectivity index is 1.87. The van der Waals surface area contributed by atoms with Crippen molar-refractivity contribution in [1.82, 2.24) is 15.1 Å². The zero-order chi connectivity index (χ0) is 14.0. The lowest BCUT2D eigenvalue weighted by Crippen LogP contribution is -2.60. The van der Waals surface area contributed by atoms with E-state index in [1.165, 1.54) is 39.0 Å². The maximum atomic E-state index is 3.73. The van der Waals surface area contributed by atoms with Gasteiger partial charge in [0.1, 0.15) is 0 Å². The van der Waals surface area contributed by atoms with Gasteiger partial charge in [0.05, 0.1) is 0 Å². The Hall–Kier alpha value is -0.120. The van der Waals surface area contributed by atoms with Crippen LogP contribution in [0.4, 0.5) is 0 Å². The van der Waals surface area contributed by atoms with Gasteiger partial charge >= 0.3 is 0 Å². The maximum Gasteiger partial charge on any atom is 0.0244 e. The fraction of sp³-hybridized carbons (Fsp3) is 1.00. The van der Waals surface area contributed by atoms with E-state index in [9.17, 15) is 0 Å². The molecule has 0 aliphatic carbocycles. The van der Waals surface area contributed by atoms with Crippen LogP contribution in [0.2, 0.25) is 0 Å². The molecule has 0 amide bonds. The second kappa shape index (κ2) is 6.11. The van der Waals surface area contributed by atoms with Gasteiger partial charge in [-0.1, -0.05) is 20.8 Å². The smallest absolute Gasteiger partial charge is 0.0244 e. The molecule has 0 saturated carbocycles. The Morgan fingerprint density at radius 3 is 2.37 bits per heavy atom. The number of nitrogens with zero attached hydrogens (tertiary/aromatic N) is 2. The van der Waals surface area contributed by atoms with Gasteiger partial charge in [0.15, 0.2) is 0 Å². The van der Waals surface area contributed by atoms with Crippen LogP contribution < -0.4 is 5.32 Å². The molecule has 19 heavy (non-hydrogen) atoms. The van der Waals surface area contributed by atoms with Gasteiger partial charge in [-0.3, -0.25) is 4.90 Å². The number of rotatable bonds is 2. The largest absolute Gasteiger partial charge is 0.311 e. The molecule has 2 aliphatic rings. The summed E-state index contributed by atoms with van der Waals surface area (Å²) in [4.78, 5) is 5.21. The van der Waals surface area contributed by atoms with E-state index in [0.29, 0.717) is 17.5 Å². The van der Waals surface area contributed by atoms with E-state index in [1.54, 1.807) is 0 Å². The van der Waals surface area contributed by atoms with Crippen molar-refractivity contribution in [2.24, 2.45) is 11.3 Å². The van der Waals surface area contributed by atoms with E-state index in [-0.39, 0.29) is 0 Å². The summed E-state index contributed by atoms with van der Waals surface area (Å²) in [5.74, 6) is 0.914. The third-order valence-electron chi connectivity index (χ3n) is 5.08. The van der Waals surface area contributed by atoms with Crippen molar-refractivity contribution in [3.8, 4) is 0 Å². The Kier molecular flexibility index (Phi) is 4.91. The zero-order valence-electron chi connectivity index (χ0n) is 13.6. The quantitative estimate of drug-likeness (QED) is 0.826. The van der Waals surface area contributed by atoms with Crippen molar-refractivity contribution >= 4 is 0 Å². The van der Waals surface area contributed by atoms with Crippen molar-refractivity contribution in [2.75, 3.05) is 39.8 Å². The van der Waals surface area contributed by atoms with E-state index in [2.05, 4.69) is 49.9 Å². The molecule has 0 aromatic rings. The van der Waals surface area contributed by atoms with E-state index >= 15 is 0 Å². The average molecular weight is 267 g/mol. The molecule has 0 spiro atoms. The highest BCUT2D eigenvalue weighted by atomic mass is 15.2. The van der Waals surface area contributed by atoms with Crippen LogP contribution in [0.1, 0.15) is 40.5 Å². The van der Waals surface area contributed by atoms with Crippen LogP contribution in [0.25, 0.3) is 0 Å². The minimum atomic E-state index is 0.366. The predicted octanol–water partition coefficient (Wildman–Crippen LogP) is 2.04. The summed E-state index contributed by atoms with van der Waals surface area (Å²) >= 11 is 0. The molecule has 1 N–H and O–H groups in total. The van der Waals surface area contributed by atoms with Gasteiger partial charge in [-0.2, -0.15) is 0 Å². The Morgan fingerprint density at radius 1 is 1.16 bits per heavy atom. The standard InChI is InChI=1S/C16H33N3/c1-13-10-17-15(16(2,3)4)12-19(13)11-14-6-8-18(5)9-7-14/h13-15,17H,6-12H2,1-5H3. The molecule has 2 unspecified atom stereocenters. The summed E-state index contributed by atoms with van der Waals surface area (Å²) in [6.07, 6.45) is 2.76. The van der Waals surface area contributed by atoms with Gasteiger partial charge in [-0.05, 0) is 51.2 Å². The number of hydrogen-bond donors (Lipinski definition) is 1. The fourth-order valence-corrected chi connectivity index (χ4v) is 3.33. The second-order valence-electron chi connectivity index (χ2n) is 7.88. The first-order valence-corrected chi connectivity index (χ1v) is 8.02. The van der Waals surface area contributed by atoms with Crippen LogP contribution in [0, 0.1) is 11.3 Å². The molecule has 3 heteroatoms. The monoisotopic (exact) mass is 267 g/mol. The van der Waals surface area contributed by atoms with Crippen molar-refractivity contribution in [3.05, 3.63) is 0 Å².